The summed E-state index contributed by atoms with van der Waals surface area (Å²) in [5.41, 5.74) is 2.20. The van der Waals surface area contributed by atoms with Crippen molar-refractivity contribution in [2.24, 2.45) is 5.41 Å². The minimum absolute atomic E-state index is 0.0720. The number of nitriles is 1. The molecule has 4 aromatic rings. The van der Waals surface area contributed by atoms with Crippen molar-refractivity contribution in [2.75, 3.05) is 10.6 Å². The first-order chi connectivity index (χ1) is 19.2. The molecular formula is C30H30BClFN7. The summed E-state index contributed by atoms with van der Waals surface area (Å²) in [4.78, 5) is 4.51. The standard InChI is InChI=1S/C30H30BClFN7/c1-29(2)12-4-3-5-25(29)36-27-18(15-34)16-35-28-23(27)13-21(14-24(28)32)37-30(31,19-6-8-20(33)9-7-19)26-17-40(39-38-26)22-10-11-22/h6-9,13-14,16-17,22,25,37H,3-5,10-12H2,1-2H3,(H,35,36)/t25-,30?/m0/s1. The maximum atomic E-state index is 13.9. The summed E-state index contributed by atoms with van der Waals surface area (Å²) in [7, 11) is 7.05. The van der Waals surface area contributed by atoms with Crippen LogP contribution in [0.25, 0.3) is 10.9 Å². The number of nitrogens with zero attached hydrogens (tertiary/aromatic N) is 5. The Morgan fingerprint density at radius 2 is 1.95 bits per heavy atom. The first-order valence-electron chi connectivity index (χ1n) is 13.7. The zero-order valence-electron chi connectivity index (χ0n) is 22.6. The van der Waals surface area contributed by atoms with Crippen LogP contribution in [0, 0.1) is 22.6 Å². The highest BCUT2D eigenvalue weighted by Crippen LogP contribution is 2.41. The maximum Gasteiger partial charge on any atom is 0.123 e. The highest BCUT2D eigenvalue weighted by Gasteiger charge is 2.35. The molecule has 2 radical (unpaired) electrons. The Balaban J connectivity index is 1.45. The van der Waals surface area contributed by atoms with Gasteiger partial charge in [0.15, 0.2) is 0 Å². The molecule has 10 heteroatoms. The van der Waals surface area contributed by atoms with Gasteiger partial charge in [0, 0.05) is 23.3 Å². The average molecular weight is 554 g/mol. The lowest BCUT2D eigenvalue weighted by molar-refractivity contribution is 0.217. The zero-order chi connectivity index (χ0) is 28.1. The van der Waals surface area contributed by atoms with Gasteiger partial charge in [-0.2, -0.15) is 5.26 Å². The SMILES string of the molecule is [B]C(Nc1cc(Cl)c2ncc(C#N)c(N[C@H]3CCCCC3(C)C)c2c1)(c1ccc(F)cc1)c1cn(C2CC2)nn1. The Morgan fingerprint density at radius 1 is 1.18 bits per heavy atom. The van der Waals surface area contributed by atoms with Crippen molar-refractivity contribution in [3.8, 4) is 6.07 Å². The molecule has 2 atom stereocenters. The number of halogens is 2. The second-order valence-corrected chi connectivity index (χ2v) is 12.1. The monoisotopic (exact) mass is 553 g/mol. The third-order valence-corrected chi connectivity index (χ3v) is 8.64. The van der Waals surface area contributed by atoms with Crippen LogP contribution in [0.4, 0.5) is 15.8 Å². The third-order valence-electron chi connectivity index (χ3n) is 8.35. The van der Waals surface area contributed by atoms with Crippen LogP contribution in [0.1, 0.15) is 75.2 Å². The van der Waals surface area contributed by atoms with Gasteiger partial charge in [0.2, 0.25) is 0 Å². The summed E-state index contributed by atoms with van der Waals surface area (Å²) in [6, 6.07) is 12.5. The number of fused-ring (bicyclic) bond motifs is 1. The van der Waals surface area contributed by atoms with E-state index in [2.05, 4.69) is 45.8 Å². The van der Waals surface area contributed by atoms with Crippen molar-refractivity contribution in [2.45, 2.75) is 69.9 Å². The van der Waals surface area contributed by atoms with E-state index in [1.54, 1.807) is 24.4 Å². The van der Waals surface area contributed by atoms with Crippen molar-refractivity contribution in [1.82, 2.24) is 20.0 Å². The fourth-order valence-electron chi connectivity index (χ4n) is 5.71. The van der Waals surface area contributed by atoms with Gasteiger partial charge in [-0.3, -0.25) is 4.98 Å². The van der Waals surface area contributed by atoms with Crippen LogP contribution in [0.15, 0.2) is 48.8 Å². The van der Waals surface area contributed by atoms with E-state index in [0.29, 0.717) is 44.8 Å². The number of benzene rings is 2. The quantitative estimate of drug-likeness (QED) is 0.248. The number of rotatable bonds is 7. The van der Waals surface area contributed by atoms with Gasteiger partial charge >= 0.3 is 0 Å². The van der Waals surface area contributed by atoms with Crippen LogP contribution in [0.3, 0.4) is 0 Å². The molecule has 2 aromatic heterocycles. The Bertz CT molecular complexity index is 1610. The van der Waals surface area contributed by atoms with Crippen LogP contribution in [-0.2, 0) is 5.44 Å². The summed E-state index contributed by atoms with van der Waals surface area (Å²) in [6.07, 6.45) is 9.96. The number of anilines is 2. The summed E-state index contributed by atoms with van der Waals surface area (Å²) >= 11 is 6.79. The summed E-state index contributed by atoms with van der Waals surface area (Å²) in [6.45, 7) is 4.53. The van der Waals surface area contributed by atoms with Crippen molar-refractivity contribution < 1.29 is 4.39 Å². The van der Waals surface area contributed by atoms with E-state index in [4.69, 9.17) is 19.4 Å². The van der Waals surface area contributed by atoms with E-state index in [9.17, 15) is 9.65 Å². The first-order valence-corrected chi connectivity index (χ1v) is 14.1. The normalized spacial score (nSPS) is 20.0. The molecule has 40 heavy (non-hydrogen) atoms. The molecule has 202 valence electrons. The molecule has 0 aliphatic heterocycles. The second kappa shape index (κ2) is 10.1. The van der Waals surface area contributed by atoms with E-state index in [0.717, 1.165) is 37.5 Å². The predicted molar refractivity (Wildman–Crippen MR) is 156 cm³/mol. The molecular weight excluding hydrogens is 524 g/mol. The maximum absolute atomic E-state index is 13.9. The van der Waals surface area contributed by atoms with Crippen LogP contribution >= 0.6 is 11.6 Å². The minimum Gasteiger partial charge on any atom is -0.380 e. The van der Waals surface area contributed by atoms with Gasteiger partial charge in [0.05, 0.1) is 39.5 Å². The fraction of sp³-hybridized carbons (Fsp3) is 0.400. The number of hydrogen-bond donors (Lipinski definition) is 2. The molecule has 1 unspecified atom stereocenters. The number of hydrogen-bond acceptors (Lipinski definition) is 6. The van der Waals surface area contributed by atoms with Gasteiger partial charge in [0.25, 0.3) is 0 Å². The van der Waals surface area contributed by atoms with Gasteiger partial charge in [-0.25, -0.2) is 9.07 Å². The third kappa shape index (κ3) is 4.90. The van der Waals surface area contributed by atoms with E-state index >= 15 is 0 Å². The summed E-state index contributed by atoms with van der Waals surface area (Å²) < 4.78 is 15.7. The van der Waals surface area contributed by atoms with E-state index < -0.39 is 5.44 Å². The molecule has 0 bridgehead atoms. The smallest absolute Gasteiger partial charge is 0.123 e. The average Bonchev–Trinajstić information content (AvgIpc) is 3.65. The van der Waals surface area contributed by atoms with E-state index in [1.165, 1.54) is 18.6 Å². The lowest BCUT2D eigenvalue weighted by Crippen LogP contribution is -2.39. The van der Waals surface area contributed by atoms with E-state index in [1.807, 2.05) is 16.9 Å². The summed E-state index contributed by atoms with van der Waals surface area (Å²) in [5.74, 6) is -0.363. The highest BCUT2D eigenvalue weighted by atomic mass is 35.5. The molecule has 0 spiro atoms. The second-order valence-electron chi connectivity index (χ2n) is 11.7. The molecule has 0 saturated heterocycles. The molecule has 2 fully saturated rings. The molecule has 2 N–H and O–H groups in total. The minimum atomic E-state index is -1.34. The van der Waals surface area contributed by atoms with Gasteiger partial charge in [0.1, 0.15) is 25.4 Å². The van der Waals surface area contributed by atoms with Crippen molar-refractivity contribution in [1.29, 1.82) is 5.26 Å². The summed E-state index contributed by atoms with van der Waals surface area (Å²) in [5, 5.41) is 26.9. The van der Waals surface area contributed by atoms with Crippen molar-refractivity contribution >= 4 is 41.7 Å². The Morgan fingerprint density at radius 3 is 2.65 bits per heavy atom. The van der Waals surface area contributed by atoms with Crippen LogP contribution in [0.2, 0.25) is 5.02 Å². The number of pyridine rings is 1. The topological polar surface area (TPSA) is 91.5 Å². The number of nitrogens with one attached hydrogen (secondary N) is 2. The van der Waals surface area contributed by atoms with Gasteiger partial charge in [-0.1, -0.05) is 55.6 Å². The molecule has 2 aromatic carbocycles. The zero-order valence-corrected chi connectivity index (χ0v) is 23.3. The van der Waals surface area contributed by atoms with Crippen molar-refractivity contribution in [3.63, 3.8) is 0 Å². The van der Waals surface area contributed by atoms with Gasteiger partial charge in [-0.15, -0.1) is 5.10 Å². The van der Waals surface area contributed by atoms with Gasteiger partial charge in [-0.05, 0) is 60.9 Å². The fourth-order valence-corrected chi connectivity index (χ4v) is 5.98. The molecule has 2 aliphatic rings. The van der Waals surface area contributed by atoms with Gasteiger partial charge < -0.3 is 10.6 Å². The predicted octanol–water partition coefficient (Wildman–Crippen LogP) is 6.69. The lowest BCUT2D eigenvalue weighted by atomic mass is 9.69. The van der Waals surface area contributed by atoms with Crippen LogP contribution in [-0.4, -0.2) is 33.9 Å². The molecule has 2 heterocycles. The molecule has 6 rings (SSSR count). The molecule has 2 aliphatic carbocycles. The van der Waals surface area contributed by atoms with Crippen LogP contribution < -0.4 is 10.6 Å². The van der Waals surface area contributed by atoms with Crippen LogP contribution in [0.5, 0.6) is 0 Å². The van der Waals surface area contributed by atoms with Crippen molar-refractivity contribution in [3.05, 3.63) is 76.5 Å². The highest BCUT2D eigenvalue weighted by molar-refractivity contribution is 6.36. The molecule has 2 saturated carbocycles. The largest absolute Gasteiger partial charge is 0.380 e. The van der Waals surface area contributed by atoms with E-state index in [-0.39, 0.29) is 17.3 Å². The molecule has 0 amide bonds. The Kier molecular flexibility index (Phi) is 6.70. The lowest BCUT2D eigenvalue weighted by Gasteiger charge is -2.40. The Labute approximate surface area is 239 Å². The number of aromatic nitrogens is 4. The first kappa shape index (κ1) is 26.6. The molecule has 7 nitrogen and oxygen atoms in total. The Hall–Kier alpha value is -3.64.